The van der Waals surface area contributed by atoms with Crippen LogP contribution in [0.2, 0.25) is 0 Å². The third kappa shape index (κ3) is 3.45. The first-order valence-electron chi connectivity index (χ1n) is 5.60. The summed E-state index contributed by atoms with van der Waals surface area (Å²) in [5, 5.41) is 15.5. The maximum atomic E-state index is 11.8. The Morgan fingerprint density at radius 3 is 2.76 bits per heavy atom. The van der Waals surface area contributed by atoms with Gasteiger partial charge in [0.25, 0.3) is 5.91 Å². The first-order valence-corrected chi connectivity index (χ1v) is 5.60. The molecule has 0 spiro atoms. The monoisotopic (exact) mass is 241 g/mol. The van der Waals surface area contributed by atoms with E-state index in [1.54, 1.807) is 6.92 Å². The molecule has 0 bridgehead atoms. The van der Waals surface area contributed by atoms with Crippen molar-refractivity contribution < 1.29 is 14.4 Å². The molecule has 0 aliphatic heterocycles. The summed E-state index contributed by atoms with van der Waals surface area (Å²) in [5.41, 5.74) is 0.493. The van der Waals surface area contributed by atoms with Crippen molar-refractivity contribution in [3.63, 3.8) is 0 Å². The fourth-order valence-electron chi connectivity index (χ4n) is 1.47. The van der Waals surface area contributed by atoms with Crippen molar-refractivity contribution in [2.75, 3.05) is 20.1 Å². The Morgan fingerprint density at radius 2 is 2.29 bits per heavy atom. The zero-order chi connectivity index (χ0) is 13.0. The van der Waals surface area contributed by atoms with Crippen LogP contribution in [0.4, 0.5) is 0 Å². The van der Waals surface area contributed by atoms with Crippen molar-refractivity contribution >= 4 is 5.91 Å². The zero-order valence-electron chi connectivity index (χ0n) is 10.6. The summed E-state index contributed by atoms with van der Waals surface area (Å²) in [6.07, 6.45) is 0. The second-order valence-electron chi connectivity index (χ2n) is 4.19. The molecule has 2 N–H and O–H groups in total. The molecule has 1 aromatic rings. The Labute approximate surface area is 101 Å². The number of hydrogen-bond acceptors (Lipinski definition) is 5. The average molecular weight is 241 g/mol. The Morgan fingerprint density at radius 1 is 1.65 bits per heavy atom. The molecule has 0 aliphatic carbocycles. The van der Waals surface area contributed by atoms with Gasteiger partial charge in [-0.25, -0.2) is 0 Å². The molecule has 96 valence electrons. The van der Waals surface area contributed by atoms with Gasteiger partial charge in [-0.2, -0.15) is 0 Å². The summed E-state index contributed by atoms with van der Waals surface area (Å²) in [5.74, 6) is -0.642. The average Bonchev–Trinajstić information content (AvgIpc) is 2.59. The van der Waals surface area contributed by atoms with Crippen LogP contribution in [0.3, 0.4) is 0 Å². The van der Waals surface area contributed by atoms with E-state index < -0.39 is 0 Å². The van der Waals surface area contributed by atoms with Gasteiger partial charge in [-0.1, -0.05) is 12.1 Å². The molecule has 0 fully saturated rings. The Kier molecular flexibility index (Phi) is 4.51. The summed E-state index contributed by atoms with van der Waals surface area (Å²) in [6.45, 7) is 7.23. The highest BCUT2D eigenvalue weighted by molar-refractivity contribution is 5.94. The van der Waals surface area contributed by atoms with Gasteiger partial charge in [-0.15, -0.1) is 0 Å². The van der Waals surface area contributed by atoms with Gasteiger partial charge in [0.2, 0.25) is 0 Å². The molecule has 1 atom stereocenters. The molecule has 0 aliphatic rings. The van der Waals surface area contributed by atoms with Gasteiger partial charge in [-0.05, 0) is 27.4 Å². The molecule has 1 aromatic heterocycles. The number of nitrogens with zero attached hydrogens (tertiary/aromatic N) is 2. The number of hydrogen-bond donors (Lipinski definition) is 2. The van der Waals surface area contributed by atoms with Crippen molar-refractivity contribution in [1.82, 2.24) is 15.4 Å². The topological polar surface area (TPSA) is 78.6 Å². The van der Waals surface area contributed by atoms with E-state index in [-0.39, 0.29) is 23.6 Å². The molecular formula is C11H19N3O3. The van der Waals surface area contributed by atoms with E-state index >= 15 is 0 Å². The van der Waals surface area contributed by atoms with E-state index in [9.17, 15) is 9.90 Å². The first kappa shape index (κ1) is 13.5. The third-order valence-electron chi connectivity index (χ3n) is 2.62. The first-order chi connectivity index (χ1) is 7.95. The molecule has 1 amide bonds. The highest BCUT2D eigenvalue weighted by Crippen LogP contribution is 2.18. The van der Waals surface area contributed by atoms with Gasteiger partial charge < -0.3 is 19.8 Å². The summed E-state index contributed by atoms with van der Waals surface area (Å²) in [6, 6.07) is 0.00527. The molecule has 6 heteroatoms. The minimum absolute atomic E-state index is 0.00527. The highest BCUT2D eigenvalue weighted by Gasteiger charge is 2.19. The lowest BCUT2D eigenvalue weighted by atomic mass is 10.2. The lowest BCUT2D eigenvalue weighted by Crippen LogP contribution is -2.40. The Bertz CT molecular complexity index is 389. The summed E-state index contributed by atoms with van der Waals surface area (Å²) < 4.78 is 4.53. The van der Waals surface area contributed by atoms with Crippen LogP contribution in [0.25, 0.3) is 0 Å². The number of likely N-dealkylation sites (N-methyl/N-ethyl adjacent to an activating group) is 1. The van der Waals surface area contributed by atoms with E-state index in [0.29, 0.717) is 5.56 Å². The maximum absolute atomic E-state index is 11.8. The second-order valence-corrected chi connectivity index (χ2v) is 4.19. The van der Waals surface area contributed by atoms with Crippen molar-refractivity contribution in [3.8, 4) is 5.95 Å². The zero-order valence-corrected chi connectivity index (χ0v) is 10.6. The number of amides is 1. The second kappa shape index (κ2) is 5.67. The van der Waals surface area contributed by atoms with Crippen molar-refractivity contribution in [3.05, 3.63) is 11.3 Å². The molecule has 0 saturated heterocycles. The number of aromatic hydroxyl groups is 1. The van der Waals surface area contributed by atoms with E-state index in [2.05, 4.69) is 19.9 Å². The SMILES string of the molecule is CCN(C)CC(C)NC(=O)c1noc(O)c1C. The van der Waals surface area contributed by atoms with E-state index in [1.165, 1.54) is 0 Å². The van der Waals surface area contributed by atoms with Crippen LogP contribution in [0.1, 0.15) is 29.9 Å². The predicted molar refractivity (Wildman–Crippen MR) is 63.0 cm³/mol. The van der Waals surface area contributed by atoms with E-state index in [0.717, 1.165) is 13.1 Å². The van der Waals surface area contributed by atoms with E-state index in [4.69, 9.17) is 0 Å². The lowest BCUT2D eigenvalue weighted by molar-refractivity contribution is 0.0923. The fourth-order valence-corrected chi connectivity index (χ4v) is 1.47. The number of carbonyl (C=O) groups excluding carboxylic acids is 1. The quantitative estimate of drug-likeness (QED) is 0.795. The normalized spacial score (nSPS) is 12.8. The van der Waals surface area contributed by atoms with Crippen LogP contribution >= 0.6 is 0 Å². The third-order valence-corrected chi connectivity index (χ3v) is 2.62. The standard InChI is InChI=1S/C11H19N3O3/c1-5-14(4)6-7(2)12-10(15)9-8(3)11(16)17-13-9/h7,16H,5-6H2,1-4H3,(H,12,15). The minimum Gasteiger partial charge on any atom is -0.479 e. The molecule has 17 heavy (non-hydrogen) atoms. The molecule has 1 unspecified atom stereocenters. The van der Waals surface area contributed by atoms with Crippen molar-refractivity contribution in [2.45, 2.75) is 26.8 Å². The van der Waals surface area contributed by atoms with Gasteiger partial charge in [0.15, 0.2) is 5.69 Å². The van der Waals surface area contributed by atoms with Crippen molar-refractivity contribution in [1.29, 1.82) is 0 Å². The fraction of sp³-hybridized carbons (Fsp3) is 0.636. The molecule has 6 nitrogen and oxygen atoms in total. The number of nitrogens with one attached hydrogen (secondary N) is 1. The molecule has 0 aromatic carbocycles. The highest BCUT2D eigenvalue weighted by atomic mass is 16.5. The minimum atomic E-state index is -0.330. The molecule has 0 radical (unpaired) electrons. The van der Waals surface area contributed by atoms with Gasteiger partial charge in [-0.3, -0.25) is 4.79 Å². The van der Waals surface area contributed by atoms with Crippen LogP contribution in [0.15, 0.2) is 4.52 Å². The van der Waals surface area contributed by atoms with Crippen LogP contribution < -0.4 is 5.32 Å². The van der Waals surface area contributed by atoms with Gasteiger partial charge in [0.1, 0.15) is 0 Å². The summed E-state index contributed by atoms with van der Waals surface area (Å²) in [4.78, 5) is 13.9. The summed E-state index contributed by atoms with van der Waals surface area (Å²) in [7, 11) is 1.98. The maximum Gasteiger partial charge on any atom is 0.312 e. The number of aromatic nitrogens is 1. The van der Waals surface area contributed by atoms with Gasteiger partial charge >= 0.3 is 5.95 Å². The Hall–Kier alpha value is -1.56. The van der Waals surface area contributed by atoms with Gasteiger partial charge in [0, 0.05) is 12.6 Å². The molecule has 0 saturated carbocycles. The number of rotatable bonds is 5. The molecular weight excluding hydrogens is 222 g/mol. The predicted octanol–water partition coefficient (Wildman–Crippen LogP) is 0.759. The van der Waals surface area contributed by atoms with Crippen LogP contribution in [0, 0.1) is 6.92 Å². The van der Waals surface area contributed by atoms with Crippen LogP contribution in [0.5, 0.6) is 5.95 Å². The van der Waals surface area contributed by atoms with Gasteiger partial charge in [0.05, 0.1) is 5.56 Å². The van der Waals surface area contributed by atoms with E-state index in [1.807, 2.05) is 20.9 Å². The largest absolute Gasteiger partial charge is 0.479 e. The van der Waals surface area contributed by atoms with Crippen LogP contribution in [-0.2, 0) is 0 Å². The van der Waals surface area contributed by atoms with Crippen LogP contribution in [-0.4, -0.2) is 47.2 Å². The lowest BCUT2D eigenvalue weighted by Gasteiger charge is -2.20. The number of carbonyl (C=O) groups is 1. The summed E-state index contributed by atoms with van der Waals surface area (Å²) >= 11 is 0. The molecule has 1 heterocycles. The smallest absolute Gasteiger partial charge is 0.312 e. The molecule has 1 rings (SSSR count). The van der Waals surface area contributed by atoms with Crippen molar-refractivity contribution in [2.24, 2.45) is 0 Å². The Balaban J connectivity index is 2.58.